The topological polar surface area (TPSA) is 23.9 Å². The molecular formula is C8H15N. The van der Waals surface area contributed by atoms with Crippen LogP contribution in [-0.4, -0.2) is 5.71 Å². The fourth-order valence-corrected chi connectivity index (χ4v) is 1.38. The molecule has 0 radical (unpaired) electrons. The summed E-state index contributed by atoms with van der Waals surface area (Å²) in [6, 6.07) is 0. The highest BCUT2D eigenvalue weighted by Gasteiger charge is 2.19. The van der Waals surface area contributed by atoms with E-state index >= 15 is 0 Å². The molecule has 0 saturated heterocycles. The highest BCUT2D eigenvalue weighted by molar-refractivity contribution is 5.82. The van der Waals surface area contributed by atoms with Crippen LogP contribution in [0.1, 0.15) is 33.1 Å². The fourth-order valence-electron chi connectivity index (χ4n) is 1.38. The summed E-state index contributed by atoms with van der Waals surface area (Å²) in [5.74, 6) is 1.60. The van der Waals surface area contributed by atoms with Gasteiger partial charge in [-0.2, -0.15) is 0 Å². The van der Waals surface area contributed by atoms with Gasteiger partial charge in [0.15, 0.2) is 0 Å². The van der Waals surface area contributed by atoms with E-state index in [2.05, 4.69) is 13.8 Å². The fraction of sp³-hybridized carbons (Fsp3) is 0.875. The maximum absolute atomic E-state index is 7.41. The molecule has 1 nitrogen and oxygen atoms in total. The van der Waals surface area contributed by atoms with Crippen LogP contribution in [0.25, 0.3) is 0 Å². The molecule has 1 aliphatic rings. The minimum atomic E-state index is 0.756. The lowest BCUT2D eigenvalue weighted by molar-refractivity contribution is 0.354. The highest BCUT2D eigenvalue weighted by Crippen LogP contribution is 2.26. The Hall–Kier alpha value is -0.330. The first-order valence-corrected chi connectivity index (χ1v) is 3.76. The van der Waals surface area contributed by atoms with Crippen molar-refractivity contribution in [1.82, 2.24) is 0 Å². The number of hydrogen-bond donors (Lipinski definition) is 1. The predicted molar refractivity (Wildman–Crippen MR) is 39.9 cm³/mol. The lowest BCUT2D eigenvalue weighted by Gasteiger charge is -2.25. The van der Waals surface area contributed by atoms with Crippen molar-refractivity contribution in [3.05, 3.63) is 0 Å². The molecule has 0 heterocycles. The Kier molecular flexibility index (Phi) is 1.89. The summed E-state index contributed by atoms with van der Waals surface area (Å²) in [5, 5.41) is 7.41. The van der Waals surface area contributed by atoms with E-state index in [0.29, 0.717) is 0 Å². The van der Waals surface area contributed by atoms with Gasteiger partial charge in [-0.1, -0.05) is 13.8 Å². The molecule has 9 heavy (non-hydrogen) atoms. The normalized spacial score (nSPS) is 36.9. The molecule has 52 valence electrons. The van der Waals surface area contributed by atoms with Gasteiger partial charge in [0.1, 0.15) is 0 Å². The second-order valence-corrected chi connectivity index (χ2v) is 3.30. The van der Waals surface area contributed by atoms with E-state index in [4.69, 9.17) is 5.41 Å². The summed E-state index contributed by atoms with van der Waals surface area (Å²) in [6.45, 7) is 4.54. The molecule has 0 unspecified atom stereocenters. The quantitative estimate of drug-likeness (QED) is 0.514. The smallest absolute Gasteiger partial charge is 0.00920 e. The Morgan fingerprint density at radius 3 is 2.44 bits per heavy atom. The molecule has 1 N–H and O–H groups in total. The summed E-state index contributed by atoms with van der Waals surface area (Å²) in [4.78, 5) is 0. The monoisotopic (exact) mass is 125 g/mol. The van der Waals surface area contributed by atoms with E-state index in [1.165, 1.54) is 6.42 Å². The second-order valence-electron chi connectivity index (χ2n) is 3.30. The molecule has 2 atom stereocenters. The molecule has 0 spiro atoms. The summed E-state index contributed by atoms with van der Waals surface area (Å²) in [5.41, 5.74) is 0.959. The van der Waals surface area contributed by atoms with Gasteiger partial charge in [-0.05, 0) is 31.1 Å². The molecule has 0 amide bonds. The van der Waals surface area contributed by atoms with Crippen molar-refractivity contribution in [2.45, 2.75) is 33.1 Å². The highest BCUT2D eigenvalue weighted by atomic mass is 14.4. The Morgan fingerprint density at radius 2 is 2.00 bits per heavy atom. The van der Waals surface area contributed by atoms with E-state index < -0.39 is 0 Å². The molecule has 0 aromatic carbocycles. The first-order chi connectivity index (χ1) is 4.20. The molecule has 0 aliphatic heterocycles. The van der Waals surface area contributed by atoms with E-state index in [1.54, 1.807) is 0 Å². The lowest BCUT2D eigenvalue weighted by atomic mass is 9.81. The minimum Gasteiger partial charge on any atom is -0.310 e. The van der Waals surface area contributed by atoms with Gasteiger partial charge >= 0.3 is 0 Å². The first-order valence-electron chi connectivity index (χ1n) is 3.76. The zero-order valence-electron chi connectivity index (χ0n) is 6.28. The standard InChI is InChI=1S/C8H15N/c1-6-3-4-8(9)5-7(6)2/h6-7,9H,3-5H2,1-2H3/t6-,7+/m0/s1. The molecule has 1 aliphatic carbocycles. The van der Waals surface area contributed by atoms with Crippen molar-refractivity contribution in [2.75, 3.05) is 0 Å². The Labute approximate surface area is 57.0 Å². The summed E-state index contributed by atoms with van der Waals surface area (Å²) in [7, 11) is 0. The zero-order valence-corrected chi connectivity index (χ0v) is 6.28. The maximum atomic E-state index is 7.41. The second kappa shape index (κ2) is 2.51. The molecule has 0 bridgehead atoms. The van der Waals surface area contributed by atoms with Crippen molar-refractivity contribution in [2.24, 2.45) is 11.8 Å². The van der Waals surface area contributed by atoms with Crippen molar-refractivity contribution >= 4 is 5.71 Å². The van der Waals surface area contributed by atoms with Gasteiger partial charge in [-0.25, -0.2) is 0 Å². The predicted octanol–water partition coefficient (Wildman–Crippen LogP) is 2.46. The van der Waals surface area contributed by atoms with Crippen molar-refractivity contribution in [1.29, 1.82) is 5.41 Å². The molecule has 1 saturated carbocycles. The third-order valence-corrected chi connectivity index (χ3v) is 2.44. The Bertz CT molecular complexity index is 118. The lowest BCUT2D eigenvalue weighted by Crippen LogP contribution is -2.19. The summed E-state index contributed by atoms with van der Waals surface area (Å²) >= 11 is 0. The van der Waals surface area contributed by atoms with Crippen LogP contribution in [0.5, 0.6) is 0 Å². The van der Waals surface area contributed by atoms with Gasteiger partial charge in [0, 0.05) is 5.71 Å². The summed E-state index contributed by atoms with van der Waals surface area (Å²) in [6.07, 6.45) is 3.33. The molecule has 1 heteroatoms. The van der Waals surface area contributed by atoms with E-state index in [9.17, 15) is 0 Å². The van der Waals surface area contributed by atoms with Crippen LogP contribution in [-0.2, 0) is 0 Å². The van der Waals surface area contributed by atoms with Gasteiger partial charge < -0.3 is 5.41 Å². The van der Waals surface area contributed by atoms with Gasteiger partial charge in [-0.15, -0.1) is 0 Å². The van der Waals surface area contributed by atoms with E-state index in [1.807, 2.05) is 0 Å². The van der Waals surface area contributed by atoms with Crippen LogP contribution in [0.3, 0.4) is 0 Å². The maximum Gasteiger partial charge on any atom is 0.00920 e. The summed E-state index contributed by atoms with van der Waals surface area (Å²) < 4.78 is 0. The molecule has 1 rings (SSSR count). The van der Waals surface area contributed by atoms with Crippen LogP contribution >= 0.6 is 0 Å². The Balaban J connectivity index is 2.44. The first kappa shape index (κ1) is 6.79. The van der Waals surface area contributed by atoms with Crippen LogP contribution in [0.4, 0.5) is 0 Å². The molecular weight excluding hydrogens is 110 g/mol. The third-order valence-electron chi connectivity index (χ3n) is 2.44. The van der Waals surface area contributed by atoms with Gasteiger partial charge in [0.25, 0.3) is 0 Å². The number of rotatable bonds is 0. The minimum absolute atomic E-state index is 0.756. The zero-order chi connectivity index (χ0) is 6.85. The largest absolute Gasteiger partial charge is 0.310 e. The van der Waals surface area contributed by atoms with Crippen LogP contribution < -0.4 is 0 Å². The van der Waals surface area contributed by atoms with Crippen molar-refractivity contribution < 1.29 is 0 Å². The van der Waals surface area contributed by atoms with Gasteiger partial charge in [0.05, 0.1) is 0 Å². The van der Waals surface area contributed by atoms with Gasteiger partial charge in [-0.3, -0.25) is 0 Å². The van der Waals surface area contributed by atoms with E-state index in [0.717, 1.165) is 30.4 Å². The van der Waals surface area contributed by atoms with Crippen LogP contribution in [0, 0.1) is 17.2 Å². The van der Waals surface area contributed by atoms with Crippen LogP contribution in [0.2, 0.25) is 0 Å². The third kappa shape index (κ3) is 1.54. The molecule has 1 fully saturated rings. The SMILES string of the molecule is C[C@@H]1CC(=N)CC[C@@H]1C. The molecule has 0 aromatic rings. The van der Waals surface area contributed by atoms with Crippen LogP contribution in [0.15, 0.2) is 0 Å². The van der Waals surface area contributed by atoms with Crippen molar-refractivity contribution in [3.63, 3.8) is 0 Å². The average molecular weight is 125 g/mol. The molecule has 0 aromatic heterocycles. The van der Waals surface area contributed by atoms with E-state index in [-0.39, 0.29) is 0 Å². The average Bonchev–Trinajstić information content (AvgIpc) is 1.80. The van der Waals surface area contributed by atoms with Gasteiger partial charge in [0.2, 0.25) is 0 Å². The number of hydrogen-bond acceptors (Lipinski definition) is 1. The van der Waals surface area contributed by atoms with Crippen molar-refractivity contribution in [3.8, 4) is 0 Å². The Morgan fingerprint density at radius 1 is 1.33 bits per heavy atom. The number of nitrogens with one attached hydrogen (secondary N) is 1.